The van der Waals surface area contributed by atoms with Crippen LogP contribution in [0, 0.1) is 6.92 Å². The van der Waals surface area contributed by atoms with Crippen LogP contribution in [-0.2, 0) is 11.2 Å². The molecule has 1 aliphatic heterocycles. The topological polar surface area (TPSA) is 71.0 Å². The Hall–Kier alpha value is -3.28. The van der Waals surface area contributed by atoms with E-state index in [9.17, 15) is 4.79 Å². The Morgan fingerprint density at radius 2 is 2.00 bits per heavy atom. The smallest absolute Gasteiger partial charge is 0.227 e. The second-order valence-corrected chi connectivity index (χ2v) is 7.41. The van der Waals surface area contributed by atoms with Gasteiger partial charge in [-0.2, -0.15) is 0 Å². The number of aromatic nitrogens is 3. The van der Waals surface area contributed by atoms with Crippen molar-refractivity contribution < 1.29 is 4.79 Å². The number of carbonyl (C=O) groups excluding carboxylic acids is 1. The van der Waals surface area contributed by atoms with Gasteiger partial charge in [0.25, 0.3) is 0 Å². The number of nitrogens with one attached hydrogen (secondary N) is 1. The highest BCUT2D eigenvalue weighted by Crippen LogP contribution is 2.31. The van der Waals surface area contributed by atoms with Crippen molar-refractivity contribution in [1.82, 2.24) is 19.9 Å². The van der Waals surface area contributed by atoms with Gasteiger partial charge in [-0.1, -0.05) is 18.2 Å². The van der Waals surface area contributed by atoms with E-state index in [2.05, 4.69) is 26.3 Å². The quantitative estimate of drug-likeness (QED) is 0.710. The van der Waals surface area contributed by atoms with Crippen molar-refractivity contribution in [2.75, 3.05) is 11.9 Å². The molecule has 1 aliphatic rings. The standard InChI is InChI=1S/C23H25N5O/c1-17-6-4-12-25-23(17)27-21-10-9-19(16-26-21)20-8-2-3-13-28(20)22(29)14-18-7-5-11-24-15-18/h4-7,9-12,15-16,20H,2-3,8,13-14H2,1H3,(H,25,26,27). The van der Waals surface area contributed by atoms with Crippen molar-refractivity contribution in [2.24, 2.45) is 0 Å². The maximum Gasteiger partial charge on any atom is 0.227 e. The number of piperidine rings is 1. The van der Waals surface area contributed by atoms with E-state index in [4.69, 9.17) is 0 Å². The highest BCUT2D eigenvalue weighted by Gasteiger charge is 2.28. The van der Waals surface area contributed by atoms with Gasteiger partial charge in [-0.25, -0.2) is 9.97 Å². The number of hydrogen-bond acceptors (Lipinski definition) is 5. The van der Waals surface area contributed by atoms with Gasteiger partial charge in [0.2, 0.25) is 5.91 Å². The number of carbonyl (C=O) groups is 1. The SMILES string of the molecule is Cc1cccnc1Nc1ccc(C2CCCCN2C(=O)Cc2cccnc2)cn1. The molecule has 1 atom stereocenters. The maximum atomic E-state index is 13.0. The van der Waals surface area contributed by atoms with Gasteiger partial charge >= 0.3 is 0 Å². The first kappa shape index (κ1) is 19.1. The number of rotatable bonds is 5. The molecule has 1 N–H and O–H groups in total. The van der Waals surface area contributed by atoms with Crippen molar-refractivity contribution in [3.8, 4) is 0 Å². The molecule has 0 radical (unpaired) electrons. The Labute approximate surface area is 171 Å². The van der Waals surface area contributed by atoms with E-state index in [0.29, 0.717) is 6.42 Å². The van der Waals surface area contributed by atoms with Crippen LogP contribution in [0.2, 0.25) is 0 Å². The first-order valence-corrected chi connectivity index (χ1v) is 10.0. The fraction of sp³-hybridized carbons (Fsp3) is 0.304. The number of nitrogens with zero attached hydrogens (tertiary/aromatic N) is 4. The third kappa shape index (κ3) is 4.59. The molecular weight excluding hydrogens is 362 g/mol. The second kappa shape index (κ2) is 8.82. The lowest BCUT2D eigenvalue weighted by Gasteiger charge is -2.36. The average molecular weight is 387 g/mol. The fourth-order valence-corrected chi connectivity index (χ4v) is 3.77. The molecule has 1 saturated heterocycles. The Morgan fingerprint density at radius 3 is 2.76 bits per heavy atom. The van der Waals surface area contributed by atoms with Crippen LogP contribution in [0.25, 0.3) is 0 Å². The normalized spacial score (nSPS) is 16.4. The summed E-state index contributed by atoms with van der Waals surface area (Å²) in [5.41, 5.74) is 3.09. The predicted molar refractivity (Wildman–Crippen MR) is 113 cm³/mol. The van der Waals surface area contributed by atoms with Crippen molar-refractivity contribution in [3.05, 3.63) is 77.9 Å². The van der Waals surface area contributed by atoms with Crippen molar-refractivity contribution >= 4 is 17.5 Å². The Kier molecular flexibility index (Phi) is 5.79. The highest BCUT2D eigenvalue weighted by atomic mass is 16.2. The van der Waals surface area contributed by atoms with Gasteiger partial charge in [0, 0.05) is 31.3 Å². The Bertz CT molecular complexity index is 959. The van der Waals surface area contributed by atoms with E-state index in [1.807, 2.05) is 48.4 Å². The van der Waals surface area contributed by atoms with E-state index in [0.717, 1.165) is 54.1 Å². The average Bonchev–Trinajstić information content (AvgIpc) is 2.77. The van der Waals surface area contributed by atoms with E-state index < -0.39 is 0 Å². The number of likely N-dealkylation sites (tertiary alicyclic amines) is 1. The lowest BCUT2D eigenvalue weighted by atomic mass is 9.95. The summed E-state index contributed by atoms with van der Waals surface area (Å²) in [5, 5.41) is 3.26. The molecule has 1 fully saturated rings. The summed E-state index contributed by atoms with van der Waals surface area (Å²) in [6.45, 7) is 2.80. The Morgan fingerprint density at radius 1 is 1.10 bits per heavy atom. The van der Waals surface area contributed by atoms with Gasteiger partial charge in [0.1, 0.15) is 11.6 Å². The molecule has 0 aromatic carbocycles. The molecule has 148 valence electrons. The van der Waals surface area contributed by atoms with E-state index in [-0.39, 0.29) is 11.9 Å². The molecule has 4 heterocycles. The summed E-state index contributed by atoms with van der Waals surface area (Å²) < 4.78 is 0. The maximum absolute atomic E-state index is 13.0. The predicted octanol–water partition coefficient (Wildman–Crippen LogP) is 4.22. The van der Waals surface area contributed by atoms with Crippen LogP contribution in [0.4, 0.5) is 11.6 Å². The molecule has 0 aliphatic carbocycles. The van der Waals surface area contributed by atoms with Crippen LogP contribution in [0.1, 0.15) is 42.0 Å². The summed E-state index contributed by atoms with van der Waals surface area (Å²) in [5.74, 6) is 1.70. The highest BCUT2D eigenvalue weighted by molar-refractivity contribution is 5.79. The first-order chi connectivity index (χ1) is 14.2. The van der Waals surface area contributed by atoms with Gasteiger partial charge in [0.05, 0.1) is 12.5 Å². The Balaban J connectivity index is 1.48. The first-order valence-electron chi connectivity index (χ1n) is 10.0. The lowest BCUT2D eigenvalue weighted by Crippen LogP contribution is -2.39. The minimum atomic E-state index is 0.0751. The number of amides is 1. The van der Waals surface area contributed by atoms with Crippen LogP contribution >= 0.6 is 0 Å². The monoisotopic (exact) mass is 387 g/mol. The lowest BCUT2D eigenvalue weighted by molar-refractivity contribution is -0.134. The molecule has 1 unspecified atom stereocenters. The van der Waals surface area contributed by atoms with Gasteiger partial charge < -0.3 is 10.2 Å². The zero-order valence-electron chi connectivity index (χ0n) is 16.6. The summed E-state index contributed by atoms with van der Waals surface area (Å²) in [6.07, 6.45) is 10.6. The summed E-state index contributed by atoms with van der Waals surface area (Å²) in [7, 11) is 0. The molecule has 0 spiro atoms. The summed E-state index contributed by atoms with van der Waals surface area (Å²) in [6, 6.07) is 11.8. The third-order valence-electron chi connectivity index (χ3n) is 5.33. The molecule has 0 saturated carbocycles. The van der Waals surface area contributed by atoms with Gasteiger partial charge in [0.15, 0.2) is 0 Å². The summed E-state index contributed by atoms with van der Waals surface area (Å²) in [4.78, 5) is 28.0. The molecule has 3 aromatic rings. The number of aryl methyl sites for hydroxylation is 1. The van der Waals surface area contributed by atoms with Crippen LogP contribution in [0.5, 0.6) is 0 Å². The van der Waals surface area contributed by atoms with Crippen LogP contribution in [-0.4, -0.2) is 32.3 Å². The van der Waals surface area contributed by atoms with E-state index in [1.165, 1.54) is 0 Å². The molecular formula is C23H25N5O. The van der Waals surface area contributed by atoms with Crippen molar-refractivity contribution in [3.63, 3.8) is 0 Å². The van der Waals surface area contributed by atoms with Crippen LogP contribution < -0.4 is 5.32 Å². The molecule has 6 heteroatoms. The zero-order chi connectivity index (χ0) is 20.1. The largest absolute Gasteiger partial charge is 0.335 e. The third-order valence-corrected chi connectivity index (χ3v) is 5.33. The molecule has 0 bridgehead atoms. The zero-order valence-corrected chi connectivity index (χ0v) is 16.6. The summed E-state index contributed by atoms with van der Waals surface area (Å²) >= 11 is 0. The van der Waals surface area contributed by atoms with Gasteiger partial charge in [-0.3, -0.25) is 9.78 Å². The number of anilines is 2. The number of hydrogen-bond donors (Lipinski definition) is 1. The minimum absolute atomic E-state index is 0.0751. The molecule has 29 heavy (non-hydrogen) atoms. The van der Waals surface area contributed by atoms with E-state index in [1.54, 1.807) is 18.6 Å². The molecule has 1 amide bonds. The van der Waals surface area contributed by atoms with Gasteiger partial charge in [-0.05, 0) is 61.1 Å². The molecule has 4 rings (SSSR count). The van der Waals surface area contributed by atoms with Crippen molar-refractivity contribution in [2.45, 2.75) is 38.6 Å². The fourth-order valence-electron chi connectivity index (χ4n) is 3.77. The van der Waals surface area contributed by atoms with Crippen LogP contribution in [0.15, 0.2) is 61.2 Å². The van der Waals surface area contributed by atoms with Crippen molar-refractivity contribution in [1.29, 1.82) is 0 Å². The number of pyridine rings is 3. The van der Waals surface area contributed by atoms with E-state index >= 15 is 0 Å². The van der Waals surface area contributed by atoms with Gasteiger partial charge in [-0.15, -0.1) is 0 Å². The molecule has 6 nitrogen and oxygen atoms in total. The molecule has 3 aromatic heterocycles. The minimum Gasteiger partial charge on any atom is -0.335 e. The van der Waals surface area contributed by atoms with Crippen LogP contribution in [0.3, 0.4) is 0 Å². The second-order valence-electron chi connectivity index (χ2n) is 7.41.